The van der Waals surface area contributed by atoms with Gasteiger partial charge in [0.25, 0.3) is 0 Å². The Bertz CT molecular complexity index is 999. The van der Waals surface area contributed by atoms with Crippen molar-refractivity contribution in [2.45, 2.75) is 45.3 Å². The van der Waals surface area contributed by atoms with E-state index in [1.165, 1.54) is 30.5 Å². The Labute approximate surface area is 173 Å². The first-order valence-corrected chi connectivity index (χ1v) is 10.9. The number of hydrogen-bond acceptors (Lipinski definition) is 3. The molecule has 4 nitrogen and oxygen atoms in total. The van der Waals surface area contributed by atoms with Crippen LogP contribution >= 0.6 is 0 Å². The molecule has 1 fully saturated rings. The lowest BCUT2D eigenvalue weighted by molar-refractivity contribution is -0.00928. The third-order valence-corrected chi connectivity index (χ3v) is 6.92. The number of aryl methyl sites for hydroxylation is 2. The van der Waals surface area contributed by atoms with Gasteiger partial charge in [-0.1, -0.05) is 30.3 Å². The van der Waals surface area contributed by atoms with Gasteiger partial charge in [-0.25, -0.2) is 4.98 Å². The lowest BCUT2D eigenvalue weighted by Gasteiger charge is -2.40. The molecule has 5 rings (SSSR count). The van der Waals surface area contributed by atoms with Gasteiger partial charge in [-0.2, -0.15) is 0 Å². The Morgan fingerprint density at radius 1 is 1.07 bits per heavy atom. The molecule has 1 aliphatic heterocycles. The summed E-state index contributed by atoms with van der Waals surface area (Å²) in [7, 11) is 1.87. The van der Waals surface area contributed by atoms with Crippen molar-refractivity contribution in [3.63, 3.8) is 0 Å². The highest BCUT2D eigenvalue weighted by atomic mass is 16.5. The van der Waals surface area contributed by atoms with Crippen LogP contribution in [0.4, 0.5) is 0 Å². The van der Waals surface area contributed by atoms with Crippen molar-refractivity contribution >= 4 is 11.0 Å². The maximum Gasteiger partial charge on any atom is 0.107 e. The lowest BCUT2D eigenvalue weighted by Crippen LogP contribution is -2.47. The zero-order valence-corrected chi connectivity index (χ0v) is 17.8. The number of piperidine rings is 1. The van der Waals surface area contributed by atoms with Crippen LogP contribution in [0.5, 0.6) is 0 Å². The number of imidazole rings is 1. The van der Waals surface area contributed by atoms with Gasteiger partial charge < -0.3 is 14.2 Å². The summed E-state index contributed by atoms with van der Waals surface area (Å²) in [4.78, 5) is 7.46. The largest absolute Gasteiger partial charge is 0.378 e. The maximum atomic E-state index is 6.02. The van der Waals surface area contributed by atoms with E-state index in [0.29, 0.717) is 6.04 Å². The number of ether oxygens (including phenoxy) is 1. The Balaban J connectivity index is 1.31. The van der Waals surface area contributed by atoms with Crippen molar-refractivity contribution in [3.05, 3.63) is 65.0 Å². The highest BCUT2D eigenvalue weighted by molar-refractivity contribution is 5.77. The molecule has 29 heavy (non-hydrogen) atoms. The van der Waals surface area contributed by atoms with Crippen molar-refractivity contribution in [3.8, 4) is 0 Å². The molecule has 4 heteroatoms. The molecule has 0 bridgehead atoms. The first kappa shape index (κ1) is 18.8. The fourth-order valence-electron chi connectivity index (χ4n) is 5.55. The van der Waals surface area contributed by atoms with Crippen LogP contribution in [-0.4, -0.2) is 47.3 Å². The molecule has 0 spiro atoms. The Kier molecular flexibility index (Phi) is 4.92. The molecule has 1 saturated heterocycles. The second-order valence-electron chi connectivity index (χ2n) is 8.95. The molecular formula is C25H31N3O. The quantitative estimate of drug-likeness (QED) is 0.665. The summed E-state index contributed by atoms with van der Waals surface area (Å²) in [6.45, 7) is 7.56. The normalized spacial score (nSPS) is 23.0. The van der Waals surface area contributed by atoms with Gasteiger partial charge in [0.2, 0.25) is 0 Å². The molecule has 1 aromatic heterocycles. The molecule has 0 unspecified atom stereocenters. The van der Waals surface area contributed by atoms with E-state index in [-0.39, 0.29) is 6.10 Å². The number of rotatable bonds is 4. The van der Waals surface area contributed by atoms with Crippen LogP contribution in [0, 0.1) is 19.8 Å². The molecule has 1 aliphatic carbocycles. The standard InChI is InChI=1S/C25H31N3O/c1-17-8-9-23-22(12-17)26-18(2)28(23)24-10-11-27(16-25(24)29-3)15-19-13-20-6-4-5-7-21(20)14-19/h4-9,12,19,24-25H,10-11,13-16H2,1-3H3/t24-,25-/m0/s1. The summed E-state index contributed by atoms with van der Waals surface area (Å²) in [5.41, 5.74) is 6.69. The second kappa shape index (κ2) is 7.58. The monoisotopic (exact) mass is 389 g/mol. The van der Waals surface area contributed by atoms with Crippen LogP contribution in [0.3, 0.4) is 0 Å². The first-order valence-electron chi connectivity index (χ1n) is 10.9. The molecule has 2 heterocycles. The Hall–Kier alpha value is -2.17. The third-order valence-electron chi connectivity index (χ3n) is 6.92. The molecule has 2 aromatic carbocycles. The van der Waals surface area contributed by atoms with E-state index < -0.39 is 0 Å². The fraction of sp³-hybridized carbons (Fsp3) is 0.480. The van der Waals surface area contributed by atoms with E-state index in [1.807, 2.05) is 7.11 Å². The number of benzene rings is 2. The van der Waals surface area contributed by atoms with E-state index in [9.17, 15) is 0 Å². The molecule has 2 atom stereocenters. The van der Waals surface area contributed by atoms with Gasteiger partial charge >= 0.3 is 0 Å². The van der Waals surface area contributed by atoms with Crippen LogP contribution in [0.15, 0.2) is 42.5 Å². The zero-order valence-electron chi connectivity index (χ0n) is 17.8. The zero-order chi connectivity index (χ0) is 20.0. The smallest absolute Gasteiger partial charge is 0.107 e. The molecule has 2 aliphatic rings. The third kappa shape index (κ3) is 3.49. The van der Waals surface area contributed by atoms with Crippen LogP contribution in [-0.2, 0) is 17.6 Å². The van der Waals surface area contributed by atoms with Gasteiger partial charge in [-0.3, -0.25) is 0 Å². The number of aromatic nitrogens is 2. The fourth-order valence-corrected chi connectivity index (χ4v) is 5.55. The predicted octanol–water partition coefficient (Wildman–Crippen LogP) is 4.33. The summed E-state index contributed by atoms with van der Waals surface area (Å²) < 4.78 is 8.44. The topological polar surface area (TPSA) is 30.3 Å². The minimum atomic E-state index is 0.199. The average Bonchev–Trinajstić information content (AvgIpc) is 3.26. The van der Waals surface area contributed by atoms with Gasteiger partial charge in [-0.15, -0.1) is 0 Å². The summed E-state index contributed by atoms with van der Waals surface area (Å²) in [5.74, 6) is 1.83. The summed E-state index contributed by atoms with van der Waals surface area (Å²) >= 11 is 0. The minimum Gasteiger partial charge on any atom is -0.378 e. The van der Waals surface area contributed by atoms with E-state index in [1.54, 1.807) is 11.1 Å². The molecule has 0 amide bonds. The van der Waals surface area contributed by atoms with Crippen LogP contribution < -0.4 is 0 Å². The molecule has 0 N–H and O–H groups in total. The van der Waals surface area contributed by atoms with Gasteiger partial charge in [0.15, 0.2) is 0 Å². The summed E-state index contributed by atoms with van der Waals surface area (Å²) in [6, 6.07) is 15.9. The van der Waals surface area contributed by atoms with Gasteiger partial charge in [0, 0.05) is 26.7 Å². The number of methoxy groups -OCH3 is 1. The van der Waals surface area contributed by atoms with Crippen molar-refractivity contribution in [2.24, 2.45) is 5.92 Å². The molecule has 152 valence electrons. The summed E-state index contributed by atoms with van der Waals surface area (Å²) in [6.07, 6.45) is 3.75. The molecule has 3 aromatic rings. The van der Waals surface area contributed by atoms with Crippen molar-refractivity contribution in [1.82, 2.24) is 14.5 Å². The van der Waals surface area contributed by atoms with Crippen molar-refractivity contribution in [2.75, 3.05) is 26.7 Å². The Morgan fingerprint density at radius 2 is 1.83 bits per heavy atom. The van der Waals surface area contributed by atoms with Crippen LogP contribution in [0.25, 0.3) is 11.0 Å². The van der Waals surface area contributed by atoms with Crippen LogP contribution in [0.2, 0.25) is 0 Å². The molecular weight excluding hydrogens is 358 g/mol. The molecule has 0 radical (unpaired) electrons. The number of fused-ring (bicyclic) bond motifs is 2. The van der Waals surface area contributed by atoms with Gasteiger partial charge in [0.1, 0.15) is 5.82 Å². The van der Waals surface area contributed by atoms with E-state index in [4.69, 9.17) is 9.72 Å². The van der Waals surface area contributed by atoms with E-state index in [0.717, 1.165) is 36.8 Å². The van der Waals surface area contributed by atoms with Crippen molar-refractivity contribution < 1.29 is 4.74 Å². The maximum absolute atomic E-state index is 6.02. The SMILES string of the molecule is CO[C@H]1CN(CC2Cc3ccccc3C2)CC[C@@H]1n1c(C)nc2cc(C)ccc21. The van der Waals surface area contributed by atoms with E-state index >= 15 is 0 Å². The lowest BCUT2D eigenvalue weighted by atomic mass is 9.98. The summed E-state index contributed by atoms with van der Waals surface area (Å²) in [5, 5.41) is 0. The highest BCUT2D eigenvalue weighted by Crippen LogP contribution is 2.33. The number of nitrogens with zero attached hydrogens (tertiary/aromatic N) is 3. The number of hydrogen-bond donors (Lipinski definition) is 0. The minimum absolute atomic E-state index is 0.199. The predicted molar refractivity (Wildman–Crippen MR) is 117 cm³/mol. The Morgan fingerprint density at radius 3 is 2.55 bits per heavy atom. The average molecular weight is 390 g/mol. The van der Waals surface area contributed by atoms with Crippen LogP contribution in [0.1, 0.15) is 35.0 Å². The second-order valence-corrected chi connectivity index (χ2v) is 8.95. The van der Waals surface area contributed by atoms with Crippen molar-refractivity contribution in [1.29, 1.82) is 0 Å². The van der Waals surface area contributed by atoms with E-state index in [2.05, 4.69) is 65.8 Å². The number of likely N-dealkylation sites (tertiary alicyclic amines) is 1. The highest BCUT2D eigenvalue weighted by Gasteiger charge is 2.34. The van der Waals surface area contributed by atoms with Gasteiger partial charge in [0.05, 0.1) is 23.2 Å². The van der Waals surface area contributed by atoms with Gasteiger partial charge in [-0.05, 0) is 67.9 Å². The molecule has 0 saturated carbocycles. The first-order chi connectivity index (χ1) is 14.1.